The van der Waals surface area contributed by atoms with E-state index >= 15 is 0 Å². The molecule has 2 aromatic heterocycles. The molecule has 0 saturated carbocycles. The monoisotopic (exact) mass is 333 g/mol. The summed E-state index contributed by atoms with van der Waals surface area (Å²) in [5, 5.41) is 2.73. The summed E-state index contributed by atoms with van der Waals surface area (Å²) in [6.45, 7) is 0. The van der Waals surface area contributed by atoms with Crippen LogP contribution < -0.4 is 5.32 Å². The molecule has 0 unspecified atom stereocenters. The molecule has 1 N–H and O–H groups in total. The van der Waals surface area contributed by atoms with Crippen LogP contribution in [0.2, 0.25) is 0 Å². The van der Waals surface area contributed by atoms with Crippen molar-refractivity contribution < 1.29 is 14.3 Å². The number of hydrogen-bond donors (Lipinski definition) is 1. The van der Waals surface area contributed by atoms with Gasteiger partial charge in [0, 0.05) is 18.1 Å². The van der Waals surface area contributed by atoms with Crippen molar-refractivity contribution in [2.24, 2.45) is 0 Å². The number of amides is 1. The summed E-state index contributed by atoms with van der Waals surface area (Å²) in [6.07, 6.45) is 3.18. The number of benzene rings is 1. The number of esters is 1. The first-order valence-corrected chi connectivity index (χ1v) is 7.54. The Morgan fingerprint density at radius 1 is 0.920 bits per heavy atom. The Morgan fingerprint density at radius 3 is 2.44 bits per heavy atom. The van der Waals surface area contributed by atoms with Crippen molar-refractivity contribution in [1.29, 1.82) is 0 Å². The van der Waals surface area contributed by atoms with Crippen LogP contribution in [0.5, 0.6) is 0 Å². The van der Waals surface area contributed by atoms with Crippen LogP contribution in [0.4, 0.5) is 5.69 Å². The topological polar surface area (TPSA) is 81.2 Å². The number of nitrogens with one attached hydrogen (secondary N) is 1. The summed E-state index contributed by atoms with van der Waals surface area (Å²) in [4.78, 5) is 32.4. The van der Waals surface area contributed by atoms with Gasteiger partial charge >= 0.3 is 5.97 Å². The fourth-order valence-corrected chi connectivity index (χ4v) is 2.24. The minimum atomic E-state index is -0.461. The van der Waals surface area contributed by atoms with Gasteiger partial charge in [-0.1, -0.05) is 12.1 Å². The third kappa shape index (κ3) is 3.87. The maximum absolute atomic E-state index is 12.3. The number of rotatable bonds is 4. The number of methoxy groups -OCH3 is 1. The summed E-state index contributed by atoms with van der Waals surface area (Å²) in [7, 11) is 1.31. The Bertz CT molecular complexity index is 893. The molecule has 6 heteroatoms. The van der Waals surface area contributed by atoms with Crippen LogP contribution in [0.25, 0.3) is 11.4 Å². The van der Waals surface area contributed by atoms with Crippen LogP contribution in [-0.4, -0.2) is 29.0 Å². The molecular weight excluding hydrogens is 318 g/mol. The number of aromatic nitrogens is 2. The van der Waals surface area contributed by atoms with Crippen molar-refractivity contribution >= 4 is 17.6 Å². The van der Waals surface area contributed by atoms with Gasteiger partial charge in [0.1, 0.15) is 0 Å². The molecule has 1 amide bonds. The van der Waals surface area contributed by atoms with E-state index in [2.05, 4.69) is 20.0 Å². The van der Waals surface area contributed by atoms with E-state index in [1.165, 1.54) is 13.3 Å². The second kappa shape index (κ2) is 7.35. The second-order valence-electron chi connectivity index (χ2n) is 5.17. The minimum Gasteiger partial charge on any atom is -0.465 e. The van der Waals surface area contributed by atoms with Crippen LogP contribution in [0.3, 0.4) is 0 Å². The quantitative estimate of drug-likeness (QED) is 0.742. The third-order valence-corrected chi connectivity index (χ3v) is 3.49. The lowest BCUT2D eigenvalue weighted by atomic mass is 10.1. The summed E-state index contributed by atoms with van der Waals surface area (Å²) >= 11 is 0. The Labute approximate surface area is 144 Å². The van der Waals surface area contributed by atoms with E-state index in [1.54, 1.807) is 42.6 Å². The second-order valence-corrected chi connectivity index (χ2v) is 5.17. The lowest BCUT2D eigenvalue weighted by molar-refractivity contribution is 0.0600. The summed E-state index contributed by atoms with van der Waals surface area (Å²) in [5.74, 6) is -0.778. The van der Waals surface area contributed by atoms with Gasteiger partial charge in [0.05, 0.1) is 29.6 Å². The fraction of sp³-hybridized carbons (Fsp3) is 0.0526. The van der Waals surface area contributed by atoms with Gasteiger partial charge in [0.2, 0.25) is 0 Å². The van der Waals surface area contributed by atoms with E-state index in [4.69, 9.17) is 0 Å². The number of nitrogens with zero attached hydrogens (tertiary/aromatic N) is 2. The molecular formula is C19H15N3O3. The molecule has 124 valence electrons. The van der Waals surface area contributed by atoms with Crippen LogP contribution in [0.15, 0.2) is 67.0 Å². The van der Waals surface area contributed by atoms with Crippen molar-refractivity contribution in [3.8, 4) is 11.4 Å². The molecule has 0 atom stereocenters. The lowest BCUT2D eigenvalue weighted by Crippen LogP contribution is -2.13. The molecule has 1 aromatic carbocycles. The van der Waals surface area contributed by atoms with Crippen LogP contribution in [0, 0.1) is 0 Å². The molecule has 25 heavy (non-hydrogen) atoms. The first kappa shape index (κ1) is 16.3. The smallest absolute Gasteiger partial charge is 0.337 e. The standard InChI is InChI=1S/C19H15N3O3/c1-25-19(24)13-5-4-6-15(11-13)22-18(23)14-8-9-17(21-12-14)16-7-2-3-10-20-16/h2-12H,1H3,(H,22,23). The van der Waals surface area contributed by atoms with Gasteiger partial charge in [-0.05, 0) is 42.5 Å². The highest BCUT2D eigenvalue weighted by atomic mass is 16.5. The number of hydrogen-bond acceptors (Lipinski definition) is 5. The van der Waals surface area contributed by atoms with Crippen molar-refractivity contribution in [2.45, 2.75) is 0 Å². The molecule has 0 aliphatic heterocycles. The van der Waals surface area contributed by atoms with Crippen molar-refractivity contribution in [3.63, 3.8) is 0 Å². The van der Waals surface area contributed by atoms with Gasteiger partial charge in [-0.15, -0.1) is 0 Å². The van der Waals surface area contributed by atoms with Crippen molar-refractivity contribution in [2.75, 3.05) is 12.4 Å². The molecule has 0 radical (unpaired) electrons. The SMILES string of the molecule is COC(=O)c1cccc(NC(=O)c2ccc(-c3ccccn3)nc2)c1. The van der Waals surface area contributed by atoms with Gasteiger partial charge < -0.3 is 10.1 Å². The Balaban J connectivity index is 1.74. The number of carbonyl (C=O) groups is 2. The average molecular weight is 333 g/mol. The van der Waals surface area contributed by atoms with Gasteiger partial charge in [-0.25, -0.2) is 4.79 Å². The molecule has 0 spiro atoms. The highest BCUT2D eigenvalue weighted by molar-refractivity contribution is 6.04. The van der Waals surface area contributed by atoms with E-state index in [1.807, 2.05) is 18.2 Å². The summed E-state index contributed by atoms with van der Waals surface area (Å²) < 4.78 is 4.67. The van der Waals surface area contributed by atoms with E-state index in [9.17, 15) is 9.59 Å². The molecule has 3 aromatic rings. The first-order valence-electron chi connectivity index (χ1n) is 7.54. The number of anilines is 1. The minimum absolute atomic E-state index is 0.318. The van der Waals surface area contributed by atoms with E-state index in [0.717, 1.165) is 5.69 Å². The van der Waals surface area contributed by atoms with E-state index in [-0.39, 0.29) is 5.91 Å². The van der Waals surface area contributed by atoms with Gasteiger partial charge in [-0.2, -0.15) is 0 Å². The summed E-state index contributed by atoms with van der Waals surface area (Å²) in [6, 6.07) is 15.5. The van der Waals surface area contributed by atoms with Crippen LogP contribution in [-0.2, 0) is 4.74 Å². The Morgan fingerprint density at radius 2 is 1.76 bits per heavy atom. The van der Waals surface area contributed by atoms with Crippen LogP contribution in [0.1, 0.15) is 20.7 Å². The maximum atomic E-state index is 12.3. The third-order valence-electron chi connectivity index (χ3n) is 3.49. The molecule has 0 fully saturated rings. The largest absolute Gasteiger partial charge is 0.465 e. The molecule has 6 nitrogen and oxygen atoms in total. The number of ether oxygens (including phenoxy) is 1. The Hall–Kier alpha value is -3.54. The molecule has 2 heterocycles. The Kier molecular flexibility index (Phi) is 4.80. The number of pyridine rings is 2. The number of carbonyl (C=O) groups excluding carboxylic acids is 2. The zero-order valence-corrected chi connectivity index (χ0v) is 13.5. The molecule has 0 aliphatic rings. The predicted molar refractivity (Wildman–Crippen MR) is 93.2 cm³/mol. The summed E-state index contributed by atoms with van der Waals surface area (Å²) in [5.41, 5.74) is 2.69. The lowest BCUT2D eigenvalue weighted by Gasteiger charge is -2.07. The zero-order valence-electron chi connectivity index (χ0n) is 13.5. The van der Waals surface area contributed by atoms with Crippen LogP contribution >= 0.6 is 0 Å². The first-order chi connectivity index (χ1) is 12.2. The average Bonchev–Trinajstić information content (AvgIpc) is 2.68. The maximum Gasteiger partial charge on any atom is 0.337 e. The van der Waals surface area contributed by atoms with Gasteiger partial charge in [-0.3, -0.25) is 14.8 Å². The fourth-order valence-electron chi connectivity index (χ4n) is 2.24. The predicted octanol–water partition coefficient (Wildman–Crippen LogP) is 3.18. The van der Waals surface area contributed by atoms with Crippen molar-refractivity contribution in [3.05, 3.63) is 78.1 Å². The van der Waals surface area contributed by atoms with E-state index < -0.39 is 5.97 Å². The van der Waals surface area contributed by atoms with Crippen molar-refractivity contribution in [1.82, 2.24) is 9.97 Å². The molecule has 0 saturated heterocycles. The van der Waals surface area contributed by atoms with Gasteiger partial charge in [0.15, 0.2) is 0 Å². The van der Waals surface area contributed by atoms with E-state index in [0.29, 0.717) is 22.5 Å². The zero-order chi connectivity index (χ0) is 17.6. The molecule has 0 aliphatic carbocycles. The highest BCUT2D eigenvalue weighted by Crippen LogP contribution is 2.16. The molecule has 3 rings (SSSR count). The van der Waals surface area contributed by atoms with Gasteiger partial charge in [0.25, 0.3) is 5.91 Å². The normalized spacial score (nSPS) is 10.1. The molecule has 0 bridgehead atoms. The highest BCUT2D eigenvalue weighted by Gasteiger charge is 2.10.